The van der Waals surface area contributed by atoms with Crippen LogP contribution >= 0.6 is 23.4 Å². The van der Waals surface area contributed by atoms with Crippen LogP contribution in [0.5, 0.6) is 0 Å². The minimum atomic E-state index is 0.110. The van der Waals surface area contributed by atoms with E-state index in [1.165, 1.54) is 11.8 Å². The first-order valence-corrected chi connectivity index (χ1v) is 4.28. The summed E-state index contributed by atoms with van der Waals surface area (Å²) in [4.78, 5) is 0. The molecule has 0 saturated heterocycles. The summed E-state index contributed by atoms with van der Waals surface area (Å²) in [7, 11) is 0. The molecule has 0 aromatic rings. The summed E-state index contributed by atoms with van der Waals surface area (Å²) in [5.74, 6) is 3.05. The minimum Gasteiger partial charge on any atom is -0.114 e. The Balaban J connectivity index is 3.59. The lowest BCUT2D eigenvalue weighted by atomic mass is 9.99. The number of thioether (sulfide) groups is 1. The lowest BCUT2D eigenvalue weighted by molar-refractivity contribution is 0.571. The van der Waals surface area contributed by atoms with Crippen LogP contribution in [0.15, 0.2) is 0 Å². The van der Waals surface area contributed by atoms with Crippen LogP contribution in [0.3, 0.4) is 0 Å². The summed E-state index contributed by atoms with van der Waals surface area (Å²) in [5, 5.41) is 3.47. The maximum atomic E-state index is 5.39. The van der Waals surface area contributed by atoms with E-state index in [-0.39, 0.29) is 5.41 Å². The number of alkyl halides is 1. The van der Waals surface area contributed by atoms with Crippen LogP contribution < -0.4 is 0 Å². The van der Waals surface area contributed by atoms with Crippen LogP contribution in [0.25, 0.3) is 0 Å². The maximum absolute atomic E-state index is 5.39. The quantitative estimate of drug-likeness (QED) is 0.422. The normalized spacial score (nSPS) is 10.2. The highest BCUT2D eigenvalue weighted by atomic mass is 35.5. The molecule has 0 unspecified atom stereocenters. The Morgan fingerprint density at radius 1 is 1.44 bits per heavy atom. The second-order valence-corrected chi connectivity index (χ2v) is 4.10. The maximum Gasteiger partial charge on any atom is 0.0803 e. The molecule has 0 rings (SSSR count). The van der Waals surface area contributed by atoms with Gasteiger partial charge in [-0.2, -0.15) is 0 Å². The molecule has 9 heavy (non-hydrogen) atoms. The molecular weight excluding hydrogens is 152 g/mol. The Labute approximate surface area is 66.4 Å². The Kier molecular flexibility index (Phi) is 4.18. The molecule has 0 radical (unpaired) electrons. The second kappa shape index (κ2) is 4.09. The van der Waals surface area contributed by atoms with Gasteiger partial charge in [0, 0.05) is 5.41 Å². The number of halogens is 1. The van der Waals surface area contributed by atoms with Gasteiger partial charge < -0.3 is 0 Å². The zero-order chi connectivity index (χ0) is 7.33. The monoisotopic (exact) mass is 162 g/mol. The molecule has 0 N–H and O–H groups in total. The molecule has 0 fully saturated rings. The zero-order valence-corrected chi connectivity index (χ0v) is 7.57. The number of hydrogen-bond acceptors (Lipinski definition) is 1. The molecule has 0 heterocycles. The van der Waals surface area contributed by atoms with Crippen molar-refractivity contribution in [1.82, 2.24) is 0 Å². The topological polar surface area (TPSA) is 0 Å². The average Bonchev–Trinajstić information content (AvgIpc) is 1.63. The molecule has 0 aromatic heterocycles. The van der Waals surface area contributed by atoms with Gasteiger partial charge >= 0.3 is 0 Å². The van der Waals surface area contributed by atoms with Gasteiger partial charge in [-0.15, -0.1) is 11.6 Å². The number of rotatable bonds is 1. The number of hydrogen-bond donors (Lipinski definition) is 0. The summed E-state index contributed by atoms with van der Waals surface area (Å²) in [5.41, 5.74) is 0.110. The first kappa shape index (κ1) is 9.20. The molecule has 0 spiro atoms. The van der Waals surface area contributed by atoms with Gasteiger partial charge in [0.1, 0.15) is 0 Å². The van der Waals surface area contributed by atoms with Gasteiger partial charge in [0.15, 0.2) is 0 Å². The van der Waals surface area contributed by atoms with Crippen LogP contribution in [0.2, 0.25) is 0 Å². The molecule has 0 saturated carbocycles. The molecule has 0 amide bonds. The van der Waals surface area contributed by atoms with Crippen molar-refractivity contribution in [2.45, 2.75) is 20.8 Å². The van der Waals surface area contributed by atoms with E-state index < -0.39 is 0 Å². The van der Waals surface area contributed by atoms with Gasteiger partial charge in [-0.1, -0.05) is 17.7 Å². The van der Waals surface area contributed by atoms with Crippen LogP contribution in [0, 0.1) is 16.6 Å². The van der Waals surface area contributed by atoms with E-state index in [0.717, 1.165) is 0 Å². The van der Waals surface area contributed by atoms with Crippen molar-refractivity contribution in [1.29, 1.82) is 0 Å². The summed E-state index contributed by atoms with van der Waals surface area (Å²) in [6.45, 7) is 6.23. The van der Waals surface area contributed by atoms with Gasteiger partial charge in [0.05, 0.1) is 5.21 Å². The third-order valence-electron chi connectivity index (χ3n) is 0.553. The summed E-state index contributed by atoms with van der Waals surface area (Å²) < 4.78 is 0. The highest BCUT2D eigenvalue weighted by Gasteiger charge is 2.02. The third-order valence-corrected chi connectivity index (χ3v) is 1.24. The molecule has 0 nitrogen and oxygen atoms in total. The van der Waals surface area contributed by atoms with Crippen molar-refractivity contribution in [2.24, 2.45) is 5.41 Å². The first-order chi connectivity index (χ1) is 4.06. The Morgan fingerprint density at radius 2 is 2.00 bits per heavy atom. The predicted molar refractivity (Wildman–Crippen MR) is 45.5 cm³/mol. The van der Waals surface area contributed by atoms with E-state index in [2.05, 4.69) is 31.9 Å². The molecule has 2 heteroatoms. The molecule has 0 aliphatic carbocycles. The third kappa shape index (κ3) is 8.20. The van der Waals surface area contributed by atoms with Crippen molar-refractivity contribution < 1.29 is 0 Å². The summed E-state index contributed by atoms with van der Waals surface area (Å²) in [6, 6.07) is 0. The van der Waals surface area contributed by atoms with E-state index in [4.69, 9.17) is 11.6 Å². The van der Waals surface area contributed by atoms with Crippen molar-refractivity contribution in [3.05, 3.63) is 0 Å². The van der Waals surface area contributed by atoms with Crippen LogP contribution in [0.1, 0.15) is 20.8 Å². The Hall–Kier alpha value is 0.200. The smallest absolute Gasteiger partial charge is 0.0803 e. The highest BCUT2D eigenvalue weighted by molar-refractivity contribution is 8.04. The molecule has 0 atom stereocenters. The largest absolute Gasteiger partial charge is 0.114 e. The van der Waals surface area contributed by atoms with Crippen molar-refractivity contribution in [2.75, 3.05) is 5.21 Å². The minimum absolute atomic E-state index is 0.110. The second-order valence-electron chi connectivity index (χ2n) is 2.73. The Bertz CT molecular complexity index is 124. The van der Waals surface area contributed by atoms with Crippen LogP contribution in [-0.4, -0.2) is 5.21 Å². The fraction of sp³-hybridized carbons (Fsp3) is 0.714. The van der Waals surface area contributed by atoms with Crippen LogP contribution in [-0.2, 0) is 0 Å². The van der Waals surface area contributed by atoms with Gasteiger partial charge in [0.2, 0.25) is 0 Å². The van der Waals surface area contributed by atoms with Crippen molar-refractivity contribution in [3.8, 4) is 11.2 Å². The lowest BCUT2D eigenvalue weighted by Gasteiger charge is -2.05. The first-order valence-electron chi connectivity index (χ1n) is 2.76. The average molecular weight is 163 g/mol. The van der Waals surface area contributed by atoms with E-state index in [1.54, 1.807) is 0 Å². The van der Waals surface area contributed by atoms with Gasteiger partial charge in [-0.05, 0) is 26.0 Å². The zero-order valence-electron chi connectivity index (χ0n) is 5.99. The van der Waals surface area contributed by atoms with E-state index in [1.807, 2.05) is 0 Å². The van der Waals surface area contributed by atoms with E-state index in [9.17, 15) is 0 Å². The van der Waals surface area contributed by atoms with Crippen molar-refractivity contribution >= 4 is 23.4 Å². The summed E-state index contributed by atoms with van der Waals surface area (Å²) >= 11 is 6.83. The standard InChI is InChI=1S/C7H11ClS/c1-7(2,3)4-5-9-6-8/h6H2,1-3H3. The van der Waals surface area contributed by atoms with E-state index in [0.29, 0.717) is 5.21 Å². The van der Waals surface area contributed by atoms with Gasteiger partial charge in [-0.3, -0.25) is 0 Å². The van der Waals surface area contributed by atoms with Gasteiger partial charge in [0.25, 0.3) is 0 Å². The van der Waals surface area contributed by atoms with Crippen LogP contribution in [0.4, 0.5) is 0 Å². The fourth-order valence-electron chi connectivity index (χ4n) is 0.216. The molecule has 0 aromatic carbocycles. The molecule has 52 valence electrons. The van der Waals surface area contributed by atoms with Crippen molar-refractivity contribution in [3.63, 3.8) is 0 Å². The molecule has 0 aliphatic rings. The SMILES string of the molecule is CC(C)(C)C#CSCCl. The molecule has 0 aliphatic heterocycles. The highest BCUT2D eigenvalue weighted by Crippen LogP contribution is 2.11. The lowest BCUT2D eigenvalue weighted by Crippen LogP contribution is -1.98. The molecule has 0 bridgehead atoms. The Morgan fingerprint density at radius 3 is 2.33 bits per heavy atom. The molecular formula is C7H11ClS. The summed E-state index contributed by atoms with van der Waals surface area (Å²) in [6.07, 6.45) is 0. The van der Waals surface area contributed by atoms with Gasteiger partial charge in [-0.25, -0.2) is 0 Å². The van der Waals surface area contributed by atoms with E-state index >= 15 is 0 Å². The fourth-order valence-corrected chi connectivity index (χ4v) is 0.813. The predicted octanol–water partition coefficient (Wildman–Crippen LogP) is 2.92.